The number of nitrogen functional groups attached to an aromatic ring is 2. The van der Waals surface area contributed by atoms with Crippen LogP contribution in [0.5, 0.6) is 23.0 Å². The molecular formula is C33H24N2O8S2. The summed E-state index contributed by atoms with van der Waals surface area (Å²) in [6.07, 6.45) is 0.250. The summed E-state index contributed by atoms with van der Waals surface area (Å²) >= 11 is 0. The molecule has 10 nitrogen and oxygen atoms in total. The normalized spacial score (nSPS) is 12.7. The molecule has 45 heavy (non-hydrogen) atoms. The molecule has 0 amide bonds. The first-order valence-corrected chi connectivity index (χ1v) is 16.5. The van der Waals surface area contributed by atoms with E-state index in [2.05, 4.69) is 0 Å². The molecule has 6 aromatic rings. The molecule has 0 spiro atoms. The molecule has 0 heterocycles. The number of ether oxygens (including phenoxy) is 2. The fraction of sp³-hybridized carbons (Fsp3) is 0.0303. The van der Waals surface area contributed by atoms with Gasteiger partial charge >= 0.3 is 0 Å². The summed E-state index contributed by atoms with van der Waals surface area (Å²) in [5.74, 6) is 0.387. The van der Waals surface area contributed by atoms with Gasteiger partial charge in [0.05, 0.1) is 0 Å². The van der Waals surface area contributed by atoms with Crippen LogP contribution in [-0.2, 0) is 26.7 Å². The maximum absolute atomic E-state index is 12.6. The topological polar surface area (TPSA) is 179 Å². The van der Waals surface area contributed by atoms with Crippen molar-refractivity contribution < 1.29 is 35.4 Å². The first kappa shape index (κ1) is 28.6. The number of anilines is 2. The lowest BCUT2D eigenvalue weighted by atomic mass is 10.0. The van der Waals surface area contributed by atoms with Crippen molar-refractivity contribution in [2.45, 2.75) is 16.2 Å². The van der Waals surface area contributed by atoms with Gasteiger partial charge in [-0.25, -0.2) is 0 Å². The Labute approximate surface area is 257 Å². The van der Waals surface area contributed by atoms with Crippen LogP contribution in [0.1, 0.15) is 11.1 Å². The monoisotopic (exact) mass is 640 g/mol. The molecule has 6 aromatic carbocycles. The van der Waals surface area contributed by atoms with Crippen molar-refractivity contribution in [1.29, 1.82) is 0 Å². The molecule has 0 saturated carbocycles. The minimum absolute atomic E-state index is 0.126. The van der Waals surface area contributed by atoms with Crippen molar-refractivity contribution in [2.75, 3.05) is 11.5 Å². The third kappa shape index (κ3) is 4.99. The Morgan fingerprint density at radius 1 is 0.511 bits per heavy atom. The van der Waals surface area contributed by atoms with E-state index < -0.39 is 30.0 Å². The molecule has 1 aliphatic rings. The maximum Gasteiger partial charge on any atom is 0.298 e. The molecule has 0 fully saturated rings. The van der Waals surface area contributed by atoms with Gasteiger partial charge in [0.15, 0.2) is 0 Å². The molecule has 0 radical (unpaired) electrons. The lowest BCUT2D eigenvalue weighted by molar-refractivity contribution is 0.451. The number of hydrogen-bond donors (Lipinski definition) is 4. The molecule has 7 rings (SSSR count). The third-order valence-corrected chi connectivity index (χ3v) is 9.59. The van der Waals surface area contributed by atoms with E-state index >= 15 is 0 Å². The molecule has 0 atom stereocenters. The highest BCUT2D eigenvalue weighted by Crippen LogP contribution is 2.47. The summed E-state index contributed by atoms with van der Waals surface area (Å²) in [5.41, 5.74) is 15.1. The summed E-state index contributed by atoms with van der Waals surface area (Å²) in [4.78, 5) is -1.03. The zero-order chi connectivity index (χ0) is 31.7. The van der Waals surface area contributed by atoms with Crippen molar-refractivity contribution in [1.82, 2.24) is 0 Å². The summed E-state index contributed by atoms with van der Waals surface area (Å²) < 4.78 is 82.9. The average molecular weight is 641 g/mol. The maximum atomic E-state index is 12.6. The van der Waals surface area contributed by atoms with Gasteiger partial charge in [-0.15, -0.1) is 0 Å². The zero-order valence-corrected chi connectivity index (χ0v) is 24.9. The Kier molecular flexibility index (Phi) is 6.49. The largest absolute Gasteiger partial charge is 0.455 e. The van der Waals surface area contributed by atoms with Gasteiger partial charge in [0.25, 0.3) is 20.2 Å². The number of hydrogen-bond acceptors (Lipinski definition) is 8. The fourth-order valence-electron chi connectivity index (χ4n) is 5.77. The first-order chi connectivity index (χ1) is 21.4. The minimum atomic E-state index is -4.80. The number of nitrogens with two attached hydrogens (primary N) is 2. The summed E-state index contributed by atoms with van der Waals surface area (Å²) in [7, 11) is -9.61. The molecule has 0 aliphatic heterocycles. The first-order valence-electron chi connectivity index (χ1n) is 13.6. The van der Waals surface area contributed by atoms with E-state index in [1.807, 2.05) is 12.1 Å². The average Bonchev–Trinajstić information content (AvgIpc) is 3.35. The van der Waals surface area contributed by atoms with Crippen LogP contribution in [0, 0.1) is 0 Å². The molecule has 6 N–H and O–H groups in total. The Morgan fingerprint density at radius 2 is 0.889 bits per heavy atom. The van der Waals surface area contributed by atoms with Crippen molar-refractivity contribution in [3.05, 3.63) is 108 Å². The van der Waals surface area contributed by atoms with Gasteiger partial charge in [-0.05, 0) is 77.2 Å². The van der Waals surface area contributed by atoms with Crippen LogP contribution in [0.15, 0.2) is 107 Å². The molecule has 0 unspecified atom stereocenters. The van der Waals surface area contributed by atoms with E-state index in [1.54, 1.807) is 60.7 Å². The van der Waals surface area contributed by atoms with Crippen LogP contribution >= 0.6 is 0 Å². The van der Waals surface area contributed by atoms with E-state index in [0.29, 0.717) is 66.7 Å². The highest BCUT2D eigenvalue weighted by Gasteiger charge is 2.30. The highest BCUT2D eigenvalue weighted by molar-refractivity contribution is 7.86. The zero-order valence-electron chi connectivity index (χ0n) is 23.3. The van der Waals surface area contributed by atoms with Crippen molar-refractivity contribution in [3.8, 4) is 34.1 Å². The molecular weight excluding hydrogens is 617 g/mol. The van der Waals surface area contributed by atoms with E-state index in [4.69, 9.17) is 20.9 Å². The fourth-order valence-corrected chi connectivity index (χ4v) is 7.01. The highest BCUT2D eigenvalue weighted by atomic mass is 32.2. The van der Waals surface area contributed by atoms with Gasteiger partial charge in [-0.1, -0.05) is 48.5 Å². The predicted molar refractivity (Wildman–Crippen MR) is 171 cm³/mol. The standard InChI is InChI=1S/C33H24N2O8S2/c34-26-9-11-28(22-7-3-1-5-20(22)26)42-30-14-18-13-19-15-31(43-29-12-10-27(35)21-6-2-4-8-23(21)29)33(45(39,40)41)17-25(19)24(18)16-32(30)44(36,37)38/h1-12,14-17H,13,34-35H2,(H,36,37,38)(H,39,40,41). The Hall–Kier alpha value is -5.14. The van der Waals surface area contributed by atoms with E-state index in [1.165, 1.54) is 24.3 Å². The van der Waals surface area contributed by atoms with Crippen LogP contribution < -0.4 is 20.9 Å². The quantitative estimate of drug-likeness (QED) is 0.111. The van der Waals surface area contributed by atoms with E-state index in [0.717, 1.165) is 0 Å². The molecule has 12 heteroatoms. The van der Waals surface area contributed by atoms with E-state index in [-0.39, 0.29) is 17.9 Å². The minimum Gasteiger partial charge on any atom is -0.455 e. The van der Waals surface area contributed by atoms with Gasteiger partial charge in [-0.2, -0.15) is 16.8 Å². The molecule has 0 saturated heterocycles. The number of benzene rings is 6. The number of rotatable bonds is 6. The van der Waals surface area contributed by atoms with Gasteiger partial charge in [0.2, 0.25) is 0 Å². The van der Waals surface area contributed by atoms with E-state index in [9.17, 15) is 25.9 Å². The van der Waals surface area contributed by atoms with Crippen LogP contribution in [0.25, 0.3) is 32.7 Å². The SMILES string of the molecule is Nc1ccc(Oc2cc3c(cc2S(=O)(=O)O)-c2cc(S(=O)(=O)O)c(Oc4ccc(N)c5ccccc45)cc2C3)c2ccccc12. The van der Waals surface area contributed by atoms with Crippen LogP contribution in [0.3, 0.4) is 0 Å². The summed E-state index contributed by atoms with van der Waals surface area (Å²) in [5, 5.41) is 2.68. The molecule has 0 bridgehead atoms. The van der Waals surface area contributed by atoms with Crippen molar-refractivity contribution in [3.63, 3.8) is 0 Å². The second-order valence-corrected chi connectivity index (χ2v) is 13.4. The second-order valence-electron chi connectivity index (χ2n) is 10.6. The Balaban J connectivity index is 1.35. The van der Waals surface area contributed by atoms with Crippen LogP contribution in [-0.4, -0.2) is 25.9 Å². The smallest absolute Gasteiger partial charge is 0.298 e. The van der Waals surface area contributed by atoms with Crippen molar-refractivity contribution >= 4 is 53.2 Å². The second kappa shape index (κ2) is 10.2. The lowest BCUT2D eigenvalue weighted by Crippen LogP contribution is -2.03. The third-order valence-electron chi connectivity index (χ3n) is 7.84. The summed E-state index contributed by atoms with van der Waals surface area (Å²) in [6, 6.07) is 26.3. The summed E-state index contributed by atoms with van der Waals surface area (Å²) in [6.45, 7) is 0. The molecule has 0 aromatic heterocycles. The van der Waals surface area contributed by atoms with Gasteiger partial charge in [-0.3, -0.25) is 9.11 Å². The Bertz CT molecular complexity index is 2270. The lowest BCUT2D eigenvalue weighted by Gasteiger charge is -2.15. The van der Waals surface area contributed by atoms with Crippen molar-refractivity contribution in [2.24, 2.45) is 0 Å². The van der Waals surface area contributed by atoms with Crippen LogP contribution in [0.2, 0.25) is 0 Å². The molecule has 226 valence electrons. The predicted octanol–water partition coefficient (Wildman–Crippen LogP) is 6.81. The molecule has 1 aliphatic carbocycles. The van der Waals surface area contributed by atoms with Gasteiger partial charge < -0.3 is 20.9 Å². The number of fused-ring (bicyclic) bond motifs is 5. The Morgan fingerprint density at radius 3 is 1.27 bits per heavy atom. The van der Waals surface area contributed by atoms with Gasteiger partial charge in [0, 0.05) is 32.9 Å². The van der Waals surface area contributed by atoms with Crippen LogP contribution in [0.4, 0.5) is 11.4 Å². The van der Waals surface area contributed by atoms with Gasteiger partial charge in [0.1, 0.15) is 32.8 Å².